The van der Waals surface area contributed by atoms with Crippen LogP contribution < -0.4 is 5.32 Å². The first-order chi connectivity index (χ1) is 21.2. The third-order valence-electron chi connectivity index (χ3n) is 6.63. The van der Waals surface area contributed by atoms with E-state index >= 15 is 0 Å². The molecule has 1 aliphatic rings. The van der Waals surface area contributed by atoms with Crippen molar-refractivity contribution in [3.05, 3.63) is 35.9 Å². The van der Waals surface area contributed by atoms with Crippen LogP contribution in [0, 0.1) is 0 Å². The highest BCUT2D eigenvalue weighted by molar-refractivity contribution is 5.81. The van der Waals surface area contributed by atoms with Crippen LogP contribution in [0.4, 0.5) is 0 Å². The van der Waals surface area contributed by atoms with Gasteiger partial charge >= 0.3 is 35.8 Å². The Balaban J connectivity index is 2.59. The molecule has 0 aromatic heterocycles. The van der Waals surface area contributed by atoms with Crippen LogP contribution >= 0.6 is 0 Å². The van der Waals surface area contributed by atoms with Gasteiger partial charge in [-0.2, -0.15) is 0 Å². The van der Waals surface area contributed by atoms with Gasteiger partial charge in [0.15, 0.2) is 17.8 Å². The molecule has 0 radical (unpaired) electrons. The molecular weight excluding hydrogens is 598 g/mol. The summed E-state index contributed by atoms with van der Waals surface area (Å²) in [4.78, 5) is 86.7. The summed E-state index contributed by atoms with van der Waals surface area (Å²) in [6.45, 7) is 4.80. The van der Waals surface area contributed by atoms with E-state index < -0.39 is 90.8 Å². The van der Waals surface area contributed by atoms with Gasteiger partial charge in [-0.3, -0.25) is 28.8 Å². The molecule has 1 fully saturated rings. The molecule has 248 valence electrons. The van der Waals surface area contributed by atoms with E-state index in [0.717, 1.165) is 47.3 Å². The Morgan fingerprint density at radius 2 is 1.53 bits per heavy atom. The minimum Gasteiger partial charge on any atom is -0.467 e. The van der Waals surface area contributed by atoms with Crippen LogP contribution in [0.5, 0.6) is 0 Å². The number of hydrogen-bond donors (Lipinski definition) is 1. The first-order valence-corrected chi connectivity index (χ1v) is 14.0. The van der Waals surface area contributed by atoms with Crippen LogP contribution in [0.1, 0.15) is 59.4 Å². The van der Waals surface area contributed by atoms with Gasteiger partial charge in [-0.1, -0.05) is 30.3 Å². The predicted molar refractivity (Wildman–Crippen MR) is 151 cm³/mol. The van der Waals surface area contributed by atoms with Gasteiger partial charge in [-0.15, -0.1) is 0 Å². The van der Waals surface area contributed by atoms with Crippen molar-refractivity contribution in [1.82, 2.24) is 5.32 Å². The van der Waals surface area contributed by atoms with Crippen molar-refractivity contribution in [1.29, 1.82) is 0 Å². The predicted octanol–water partition coefficient (Wildman–Crippen LogP) is 1.07. The van der Waals surface area contributed by atoms with E-state index in [1.807, 2.05) is 0 Å². The van der Waals surface area contributed by atoms with E-state index in [2.05, 4.69) is 5.32 Å². The highest BCUT2D eigenvalue weighted by Crippen LogP contribution is 2.39. The summed E-state index contributed by atoms with van der Waals surface area (Å²) in [7, 11) is 1.07. The zero-order valence-electron chi connectivity index (χ0n) is 26.0. The van der Waals surface area contributed by atoms with Gasteiger partial charge < -0.3 is 38.5 Å². The zero-order chi connectivity index (χ0) is 33.7. The van der Waals surface area contributed by atoms with Crippen LogP contribution in [-0.2, 0) is 73.3 Å². The maximum atomic E-state index is 13.4. The van der Waals surface area contributed by atoms with Crippen LogP contribution in [-0.4, -0.2) is 91.5 Å². The molecule has 15 heteroatoms. The number of carbonyl (C=O) groups excluding carboxylic acids is 7. The maximum absolute atomic E-state index is 13.4. The molecule has 1 aromatic rings. The van der Waals surface area contributed by atoms with E-state index in [9.17, 15) is 33.6 Å². The second-order valence-corrected chi connectivity index (χ2v) is 10.3. The smallest absolute Gasteiger partial charge is 0.338 e. The molecule has 45 heavy (non-hydrogen) atoms. The Morgan fingerprint density at radius 1 is 0.889 bits per heavy atom. The number of ether oxygens (including phenoxy) is 7. The number of amides is 1. The van der Waals surface area contributed by atoms with Crippen molar-refractivity contribution >= 4 is 41.7 Å². The van der Waals surface area contributed by atoms with Gasteiger partial charge in [-0.25, -0.2) is 4.79 Å². The Bertz CT molecular complexity index is 1230. The number of esters is 6. The molecule has 1 heterocycles. The molecule has 0 bridgehead atoms. The lowest BCUT2D eigenvalue weighted by molar-refractivity contribution is -0.243. The average molecular weight is 638 g/mol. The first kappa shape index (κ1) is 36.7. The number of hydrogen-bond acceptors (Lipinski definition) is 14. The van der Waals surface area contributed by atoms with Gasteiger partial charge in [0, 0.05) is 47.5 Å². The Hall–Kier alpha value is -4.53. The minimum atomic E-state index is -2.03. The third-order valence-corrected chi connectivity index (χ3v) is 6.63. The quantitative estimate of drug-likeness (QED) is 0.225. The molecule has 1 aliphatic heterocycles. The summed E-state index contributed by atoms with van der Waals surface area (Å²) in [5.74, 6) is -5.59. The normalized spacial score (nSPS) is 22.0. The van der Waals surface area contributed by atoms with Crippen LogP contribution in [0.15, 0.2) is 30.3 Å². The van der Waals surface area contributed by atoms with E-state index in [1.54, 1.807) is 30.3 Å². The summed E-state index contributed by atoms with van der Waals surface area (Å²) in [6, 6.07) is 7.57. The number of nitrogens with one attached hydrogen (secondary N) is 1. The van der Waals surface area contributed by atoms with Crippen LogP contribution in [0.25, 0.3) is 0 Å². The largest absolute Gasteiger partial charge is 0.467 e. The lowest BCUT2D eigenvalue weighted by Gasteiger charge is -2.49. The lowest BCUT2D eigenvalue weighted by Crippen LogP contribution is -2.68. The van der Waals surface area contributed by atoms with E-state index in [1.165, 1.54) is 0 Å². The fraction of sp³-hybridized carbons (Fsp3) is 0.567. The van der Waals surface area contributed by atoms with E-state index in [-0.39, 0.29) is 19.4 Å². The fourth-order valence-electron chi connectivity index (χ4n) is 4.90. The third kappa shape index (κ3) is 11.5. The number of carbonyl (C=O) groups is 7. The van der Waals surface area contributed by atoms with Gasteiger partial charge in [0.1, 0.15) is 25.4 Å². The lowest BCUT2D eigenvalue weighted by atomic mass is 9.81. The fourth-order valence-corrected chi connectivity index (χ4v) is 4.90. The summed E-state index contributed by atoms with van der Waals surface area (Å²) in [5.41, 5.74) is -1.30. The maximum Gasteiger partial charge on any atom is 0.338 e. The van der Waals surface area contributed by atoms with Crippen LogP contribution in [0.3, 0.4) is 0 Å². The van der Waals surface area contributed by atoms with Gasteiger partial charge in [-0.05, 0) is 12.0 Å². The molecule has 2 rings (SSSR count). The highest BCUT2D eigenvalue weighted by atomic mass is 16.6. The van der Waals surface area contributed by atoms with Crippen LogP contribution in [0.2, 0.25) is 0 Å². The molecular formula is C30H39NO14. The number of rotatable bonds is 14. The average Bonchev–Trinajstić information content (AvgIpc) is 2.96. The summed E-state index contributed by atoms with van der Waals surface area (Å²) < 4.78 is 38.1. The molecule has 1 N–H and O–H groups in total. The van der Waals surface area contributed by atoms with Crippen molar-refractivity contribution in [3.63, 3.8) is 0 Å². The summed E-state index contributed by atoms with van der Waals surface area (Å²) in [6.07, 6.45) is -7.19. The van der Waals surface area contributed by atoms with Crippen molar-refractivity contribution < 1.29 is 66.7 Å². The molecule has 1 saturated heterocycles. The van der Waals surface area contributed by atoms with Crippen molar-refractivity contribution in [2.24, 2.45) is 0 Å². The second-order valence-electron chi connectivity index (χ2n) is 10.3. The van der Waals surface area contributed by atoms with Crippen molar-refractivity contribution in [2.45, 2.75) is 96.5 Å². The molecule has 0 spiro atoms. The Labute approximate surface area is 260 Å². The SMILES string of the molecule is COC(=O)[C@@]1(CCC(=O)OCc2ccccc2)C[C@H](OC(C)=O)[C@@H](NC(C)=O)[C@H]([C@H](OC(C)=O)[C@@H](COC(C)=O)OC(C)=O)O1. The highest BCUT2D eigenvalue weighted by Gasteiger charge is 2.58. The molecule has 1 aromatic carbocycles. The molecule has 1 amide bonds. The molecule has 6 atom stereocenters. The molecule has 15 nitrogen and oxygen atoms in total. The molecule has 0 unspecified atom stereocenters. The van der Waals surface area contributed by atoms with Gasteiger partial charge in [0.25, 0.3) is 0 Å². The Morgan fingerprint density at radius 3 is 2.07 bits per heavy atom. The molecule has 0 saturated carbocycles. The van der Waals surface area contributed by atoms with Gasteiger partial charge in [0.2, 0.25) is 5.91 Å². The molecule has 0 aliphatic carbocycles. The van der Waals surface area contributed by atoms with E-state index in [0.29, 0.717) is 0 Å². The topological polar surface area (TPSA) is 196 Å². The number of benzene rings is 1. The Kier molecular flexibility index (Phi) is 13.9. The van der Waals surface area contributed by atoms with Crippen molar-refractivity contribution in [3.8, 4) is 0 Å². The second kappa shape index (κ2) is 17.1. The first-order valence-electron chi connectivity index (χ1n) is 14.0. The van der Waals surface area contributed by atoms with Crippen molar-refractivity contribution in [2.75, 3.05) is 13.7 Å². The van der Waals surface area contributed by atoms with E-state index in [4.69, 9.17) is 33.2 Å². The minimum absolute atomic E-state index is 0.0379. The van der Waals surface area contributed by atoms with Gasteiger partial charge in [0.05, 0.1) is 13.2 Å². The summed E-state index contributed by atoms with van der Waals surface area (Å²) >= 11 is 0. The summed E-state index contributed by atoms with van der Waals surface area (Å²) in [5, 5.41) is 2.59. The standard InChI is InChI=1S/C30H39NO14/c1-17(32)31-26-23(42-19(3)34)14-30(29(38)39-6,13-12-25(37)41-15-22-10-8-7-9-11-22)45-28(26)27(44-21(5)36)24(43-20(4)35)16-40-18(2)33/h7-11,23-24,26-28H,12-16H2,1-6H3,(H,31,32)/t23-,24+,26+,27+,28+,30+/m0/s1. The monoisotopic (exact) mass is 637 g/mol. The zero-order valence-corrected chi connectivity index (χ0v) is 26.0. The number of methoxy groups -OCH3 is 1.